The highest BCUT2D eigenvalue weighted by Crippen LogP contribution is 2.37. The zero-order chi connectivity index (χ0) is 24.8. The molecule has 0 radical (unpaired) electrons. The molecule has 0 spiro atoms. The summed E-state index contributed by atoms with van der Waals surface area (Å²) in [5, 5.41) is -0.464. The number of benzene rings is 2. The number of amides is 3. The lowest BCUT2D eigenvalue weighted by molar-refractivity contribution is -0.136. The van der Waals surface area contributed by atoms with E-state index in [4.69, 9.17) is 9.47 Å². The van der Waals surface area contributed by atoms with Crippen molar-refractivity contribution in [3.8, 4) is 11.5 Å². The van der Waals surface area contributed by atoms with Crippen LogP contribution in [0.4, 0.5) is 10.5 Å². The van der Waals surface area contributed by atoms with Gasteiger partial charge in [0.15, 0.2) is 11.5 Å². The second-order valence-electron chi connectivity index (χ2n) is 7.95. The average molecular weight is 494 g/mol. The van der Waals surface area contributed by atoms with E-state index in [1.165, 1.54) is 7.11 Å². The summed E-state index contributed by atoms with van der Waals surface area (Å²) in [6.45, 7) is 6.10. The van der Waals surface area contributed by atoms with Crippen LogP contribution < -0.4 is 14.4 Å². The van der Waals surface area contributed by atoms with Gasteiger partial charge in [0, 0.05) is 37.4 Å². The lowest BCUT2D eigenvalue weighted by atomic mass is 10.1. The Morgan fingerprint density at radius 3 is 2.49 bits per heavy atom. The van der Waals surface area contributed by atoms with Gasteiger partial charge in [-0.25, -0.2) is 0 Å². The lowest BCUT2D eigenvalue weighted by Gasteiger charge is -2.36. The number of hydrogen-bond donors (Lipinski definition) is 0. The fraction of sp³-hybridized carbons (Fsp3) is 0.269. The first kappa shape index (κ1) is 24.4. The molecule has 182 valence electrons. The van der Waals surface area contributed by atoms with Crippen LogP contribution in [0.25, 0.3) is 6.08 Å². The molecular formula is C26H27N3O5S. The fourth-order valence-corrected chi connectivity index (χ4v) is 4.80. The topological polar surface area (TPSA) is 79.4 Å². The maximum Gasteiger partial charge on any atom is 0.294 e. The maximum atomic E-state index is 13.0. The molecular weight excluding hydrogens is 466 g/mol. The number of methoxy groups -OCH3 is 1. The number of piperazine rings is 1. The molecule has 35 heavy (non-hydrogen) atoms. The largest absolute Gasteiger partial charge is 0.493 e. The van der Waals surface area contributed by atoms with Crippen molar-refractivity contribution < 1.29 is 23.9 Å². The van der Waals surface area contributed by atoms with Crippen molar-refractivity contribution in [2.45, 2.75) is 0 Å². The van der Waals surface area contributed by atoms with Crippen molar-refractivity contribution >= 4 is 40.6 Å². The normalized spacial score (nSPS) is 17.2. The van der Waals surface area contributed by atoms with Crippen LogP contribution in [-0.4, -0.2) is 73.3 Å². The molecule has 2 aromatic rings. The van der Waals surface area contributed by atoms with Gasteiger partial charge < -0.3 is 19.3 Å². The van der Waals surface area contributed by atoms with Crippen molar-refractivity contribution in [3.63, 3.8) is 0 Å². The Hall–Kier alpha value is -3.72. The van der Waals surface area contributed by atoms with Gasteiger partial charge in [-0.3, -0.25) is 19.3 Å². The minimum atomic E-state index is -0.492. The number of hydrogen-bond acceptors (Lipinski definition) is 7. The molecule has 9 heteroatoms. The summed E-state index contributed by atoms with van der Waals surface area (Å²) in [6.07, 6.45) is 3.20. The van der Waals surface area contributed by atoms with E-state index >= 15 is 0 Å². The summed E-state index contributed by atoms with van der Waals surface area (Å²) < 4.78 is 11.1. The van der Waals surface area contributed by atoms with E-state index in [9.17, 15) is 14.4 Å². The molecule has 2 fully saturated rings. The smallest absolute Gasteiger partial charge is 0.294 e. The molecule has 0 unspecified atom stereocenters. The fourth-order valence-electron chi connectivity index (χ4n) is 3.97. The summed E-state index contributed by atoms with van der Waals surface area (Å²) in [5.41, 5.74) is 1.71. The summed E-state index contributed by atoms with van der Waals surface area (Å²) in [5.74, 6) is 0.227. The molecule has 0 bridgehead atoms. The Morgan fingerprint density at radius 1 is 1.06 bits per heavy atom. The Morgan fingerprint density at radius 2 is 1.80 bits per heavy atom. The maximum absolute atomic E-state index is 13.0. The van der Waals surface area contributed by atoms with Gasteiger partial charge in [0.1, 0.15) is 13.2 Å². The Kier molecular flexibility index (Phi) is 7.77. The molecule has 2 aromatic carbocycles. The van der Waals surface area contributed by atoms with Crippen molar-refractivity contribution in [2.75, 3.05) is 51.3 Å². The second kappa shape index (κ2) is 11.1. The number of thioether (sulfide) groups is 1. The van der Waals surface area contributed by atoms with Crippen LogP contribution in [-0.2, 0) is 9.59 Å². The quantitative estimate of drug-likeness (QED) is 0.410. The summed E-state index contributed by atoms with van der Waals surface area (Å²) in [6, 6.07) is 15.3. The van der Waals surface area contributed by atoms with Gasteiger partial charge in [-0.1, -0.05) is 43.0 Å². The third-order valence-electron chi connectivity index (χ3n) is 5.78. The molecule has 4 rings (SSSR count). The van der Waals surface area contributed by atoms with Crippen LogP contribution in [0, 0.1) is 0 Å². The van der Waals surface area contributed by atoms with Gasteiger partial charge in [-0.2, -0.15) is 0 Å². The molecule has 0 aromatic heterocycles. The van der Waals surface area contributed by atoms with E-state index in [-0.39, 0.29) is 24.0 Å². The summed E-state index contributed by atoms with van der Waals surface area (Å²) in [4.78, 5) is 43.7. The number of carbonyl (C=O) groups excluding carboxylic acids is 3. The zero-order valence-electron chi connectivity index (χ0n) is 19.5. The standard InChI is InChI=1S/C26H27N3O5S/c1-3-16-34-24-19(8-7-11-21(24)33-2)17-22-25(31)29(26(32)35-22)18-23(30)28-14-12-27(13-15-28)20-9-5-4-6-10-20/h3-11,17H,1,12-16,18H2,2H3/b22-17-. The van der Waals surface area contributed by atoms with E-state index in [1.807, 2.05) is 30.3 Å². The van der Waals surface area contributed by atoms with E-state index in [2.05, 4.69) is 11.5 Å². The van der Waals surface area contributed by atoms with Gasteiger partial charge in [0.25, 0.3) is 11.1 Å². The van der Waals surface area contributed by atoms with E-state index in [0.29, 0.717) is 43.2 Å². The first-order valence-corrected chi connectivity index (χ1v) is 12.1. The number of anilines is 1. The zero-order valence-corrected chi connectivity index (χ0v) is 20.3. The second-order valence-corrected chi connectivity index (χ2v) is 8.94. The highest BCUT2D eigenvalue weighted by Gasteiger charge is 2.37. The van der Waals surface area contributed by atoms with Crippen molar-refractivity contribution in [3.05, 3.63) is 71.7 Å². The summed E-state index contributed by atoms with van der Waals surface area (Å²) in [7, 11) is 1.53. The van der Waals surface area contributed by atoms with E-state index in [1.54, 1.807) is 35.3 Å². The monoisotopic (exact) mass is 493 g/mol. The molecule has 2 aliphatic rings. The highest BCUT2D eigenvalue weighted by atomic mass is 32.2. The molecule has 0 aliphatic carbocycles. The molecule has 0 saturated carbocycles. The van der Waals surface area contributed by atoms with Crippen LogP contribution >= 0.6 is 11.8 Å². The molecule has 2 aliphatic heterocycles. The van der Waals surface area contributed by atoms with Crippen LogP contribution in [0.1, 0.15) is 5.56 Å². The SMILES string of the molecule is C=CCOc1c(/C=C2\SC(=O)N(CC(=O)N3CCN(c4ccccc4)CC3)C2=O)cccc1OC. The third-order valence-corrected chi connectivity index (χ3v) is 6.69. The first-order valence-electron chi connectivity index (χ1n) is 11.3. The van der Waals surface area contributed by atoms with Crippen molar-refractivity contribution in [2.24, 2.45) is 0 Å². The Labute approximate surface area is 208 Å². The number of rotatable bonds is 8. The van der Waals surface area contributed by atoms with Gasteiger partial charge in [0.05, 0.1) is 12.0 Å². The molecule has 3 amide bonds. The molecule has 8 nitrogen and oxygen atoms in total. The predicted octanol–water partition coefficient (Wildman–Crippen LogP) is 3.65. The minimum absolute atomic E-state index is 0.230. The first-order chi connectivity index (χ1) is 17.0. The molecule has 2 saturated heterocycles. The number of nitrogens with zero attached hydrogens (tertiary/aromatic N) is 3. The molecule has 0 N–H and O–H groups in total. The van der Waals surface area contributed by atoms with Crippen molar-refractivity contribution in [1.29, 1.82) is 0 Å². The van der Waals surface area contributed by atoms with Crippen LogP contribution in [0.3, 0.4) is 0 Å². The van der Waals surface area contributed by atoms with E-state index < -0.39 is 11.1 Å². The number of imide groups is 1. The summed E-state index contributed by atoms with van der Waals surface area (Å²) >= 11 is 0.812. The van der Waals surface area contributed by atoms with Crippen LogP contribution in [0.2, 0.25) is 0 Å². The Balaban J connectivity index is 1.42. The lowest BCUT2D eigenvalue weighted by Crippen LogP contribution is -2.51. The van der Waals surface area contributed by atoms with Gasteiger partial charge >= 0.3 is 0 Å². The molecule has 0 atom stereocenters. The van der Waals surface area contributed by atoms with Gasteiger partial charge in [-0.15, -0.1) is 0 Å². The highest BCUT2D eigenvalue weighted by molar-refractivity contribution is 8.18. The predicted molar refractivity (Wildman–Crippen MR) is 137 cm³/mol. The van der Waals surface area contributed by atoms with E-state index in [0.717, 1.165) is 22.3 Å². The van der Waals surface area contributed by atoms with Gasteiger partial charge in [-0.05, 0) is 36.0 Å². The van der Waals surface area contributed by atoms with Crippen LogP contribution in [0.15, 0.2) is 66.1 Å². The Bertz CT molecular complexity index is 1140. The van der Waals surface area contributed by atoms with Crippen LogP contribution in [0.5, 0.6) is 11.5 Å². The van der Waals surface area contributed by atoms with Crippen molar-refractivity contribution in [1.82, 2.24) is 9.80 Å². The number of para-hydroxylation sites is 2. The third kappa shape index (κ3) is 5.51. The van der Waals surface area contributed by atoms with Gasteiger partial charge in [0.2, 0.25) is 5.91 Å². The average Bonchev–Trinajstić information content (AvgIpc) is 3.15. The number of ether oxygens (including phenoxy) is 2. The number of carbonyl (C=O) groups is 3. The minimum Gasteiger partial charge on any atom is -0.493 e. The molecule has 2 heterocycles.